The Kier molecular flexibility index (Phi) is 6.75. The lowest BCUT2D eigenvalue weighted by atomic mass is 9.81. The number of nitrogens with one attached hydrogen (secondary N) is 1. The predicted molar refractivity (Wildman–Crippen MR) is 75.9 cm³/mol. The van der Waals surface area contributed by atoms with E-state index in [-0.39, 0.29) is 5.41 Å². The molecule has 1 rings (SSSR count). The Morgan fingerprint density at radius 1 is 0.900 bits per heavy atom. The summed E-state index contributed by atoms with van der Waals surface area (Å²) in [5.41, 5.74) is 0.237. The highest BCUT2D eigenvalue weighted by molar-refractivity contribution is 4.85. The highest BCUT2D eigenvalue weighted by Crippen LogP contribution is 2.27. The normalized spacial score (nSPS) is 19.5. The van der Waals surface area contributed by atoms with Crippen LogP contribution in [0.4, 0.5) is 13.2 Å². The maximum absolute atomic E-state index is 12.4. The van der Waals surface area contributed by atoms with Gasteiger partial charge in [0.15, 0.2) is 0 Å². The molecule has 1 aliphatic heterocycles. The van der Waals surface area contributed by atoms with Crippen molar-refractivity contribution in [3.63, 3.8) is 0 Å². The van der Waals surface area contributed by atoms with Crippen LogP contribution in [0.2, 0.25) is 0 Å². The van der Waals surface area contributed by atoms with Gasteiger partial charge in [-0.05, 0) is 25.3 Å². The Balaban J connectivity index is 2.44. The molecule has 0 aromatic rings. The molecular weight excluding hydrogens is 267 g/mol. The van der Waals surface area contributed by atoms with Gasteiger partial charge in [-0.1, -0.05) is 13.8 Å². The van der Waals surface area contributed by atoms with Crippen molar-refractivity contribution in [2.75, 3.05) is 52.9 Å². The molecule has 0 saturated carbocycles. The van der Waals surface area contributed by atoms with E-state index in [2.05, 4.69) is 24.1 Å². The highest BCUT2D eigenvalue weighted by Gasteiger charge is 2.34. The predicted octanol–water partition coefficient (Wildman–Crippen LogP) is 2.19. The molecule has 0 radical (unpaired) electrons. The highest BCUT2D eigenvalue weighted by atomic mass is 19.4. The lowest BCUT2D eigenvalue weighted by molar-refractivity contribution is -0.149. The fourth-order valence-electron chi connectivity index (χ4n) is 2.99. The van der Waals surface area contributed by atoms with Crippen molar-refractivity contribution in [1.82, 2.24) is 15.1 Å². The second-order valence-electron chi connectivity index (χ2n) is 5.90. The first-order valence-corrected chi connectivity index (χ1v) is 7.50. The van der Waals surface area contributed by atoms with Crippen LogP contribution in [-0.4, -0.2) is 68.8 Å². The maximum Gasteiger partial charge on any atom is 0.401 e. The quantitative estimate of drug-likeness (QED) is 0.777. The molecule has 3 nitrogen and oxygen atoms in total. The maximum atomic E-state index is 12.4. The average molecular weight is 295 g/mol. The summed E-state index contributed by atoms with van der Waals surface area (Å²) in [5.74, 6) is 0. The van der Waals surface area contributed by atoms with E-state index in [0.29, 0.717) is 13.1 Å². The minimum Gasteiger partial charge on any atom is -0.319 e. The second-order valence-corrected chi connectivity index (χ2v) is 5.90. The van der Waals surface area contributed by atoms with E-state index in [0.717, 1.165) is 39.0 Å². The van der Waals surface area contributed by atoms with Gasteiger partial charge in [0.25, 0.3) is 0 Å². The van der Waals surface area contributed by atoms with Gasteiger partial charge >= 0.3 is 6.18 Å². The summed E-state index contributed by atoms with van der Waals surface area (Å²) in [6.45, 7) is 8.06. The third kappa shape index (κ3) is 5.58. The summed E-state index contributed by atoms with van der Waals surface area (Å²) in [5, 5.41) is 3.25. The van der Waals surface area contributed by atoms with E-state index in [1.54, 1.807) is 0 Å². The summed E-state index contributed by atoms with van der Waals surface area (Å²) in [6, 6.07) is 0. The van der Waals surface area contributed by atoms with Gasteiger partial charge in [0, 0.05) is 39.3 Å². The van der Waals surface area contributed by atoms with Crippen LogP contribution in [0, 0.1) is 5.41 Å². The van der Waals surface area contributed by atoms with Crippen LogP contribution in [-0.2, 0) is 0 Å². The number of nitrogens with zero attached hydrogens (tertiary/aromatic N) is 2. The van der Waals surface area contributed by atoms with Crippen molar-refractivity contribution in [3.05, 3.63) is 0 Å². The van der Waals surface area contributed by atoms with Gasteiger partial charge in [0.05, 0.1) is 6.54 Å². The molecule has 120 valence electrons. The topological polar surface area (TPSA) is 18.5 Å². The summed E-state index contributed by atoms with van der Waals surface area (Å²) < 4.78 is 37.1. The fraction of sp³-hybridized carbons (Fsp3) is 1.00. The number of hydrogen-bond donors (Lipinski definition) is 1. The van der Waals surface area contributed by atoms with Gasteiger partial charge in [0.1, 0.15) is 0 Å². The Hall–Kier alpha value is -0.330. The molecule has 1 heterocycles. The van der Waals surface area contributed by atoms with Gasteiger partial charge in [-0.2, -0.15) is 13.2 Å². The number of piperazine rings is 1. The van der Waals surface area contributed by atoms with E-state index in [1.165, 1.54) is 4.90 Å². The van der Waals surface area contributed by atoms with Crippen molar-refractivity contribution in [2.24, 2.45) is 5.41 Å². The average Bonchev–Trinajstić information content (AvgIpc) is 2.39. The molecule has 0 aromatic carbocycles. The van der Waals surface area contributed by atoms with E-state index in [9.17, 15) is 13.2 Å². The van der Waals surface area contributed by atoms with Crippen LogP contribution in [0.5, 0.6) is 0 Å². The first-order chi connectivity index (χ1) is 9.34. The van der Waals surface area contributed by atoms with Crippen LogP contribution < -0.4 is 5.32 Å². The molecule has 0 aliphatic carbocycles. The van der Waals surface area contributed by atoms with Crippen LogP contribution in [0.1, 0.15) is 26.7 Å². The smallest absolute Gasteiger partial charge is 0.319 e. The van der Waals surface area contributed by atoms with Crippen LogP contribution in [0.15, 0.2) is 0 Å². The summed E-state index contributed by atoms with van der Waals surface area (Å²) in [7, 11) is 1.96. The minimum absolute atomic E-state index is 0.237. The molecule has 1 aliphatic rings. The van der Waals surface area contributed by atoms with Crippen molar-refractivity contribution in [2.45, 2.75) is 32.9 Å². The van der Waals surface area contributed by atoms with Gasteiger partial charge in [-0.25, -0.2) is 0 Å². The molecule has 20 heavy (non-hydrogen) atoms. The van der Waals surface area contributed by atoms with Crippen molar-refractivity contribution in [3.8, 4) is 0 Å². The van der Waals surface area contributed by atoms with Gasteiger partial charge in [-0.3, -0.25) is 4.90 Å². The monoisotopic (exact) mass is 295 g/mol. The zero-order chi connectivity index (χ0) is 15.2. The number of rotatable bonds is 7. The first-order valence-electron chi connectivity index (χ1n) is 7.50. The zero-order valence-corrected chi connectivity index (χ0v) is 12.9. The third-order valence-corrected chi connectivity index (χ3v) is 4.48. The molecule has 1 N–H and O–H groups in total. The lowest BCUT2D eigenvalue weighted by Gasteiger charge is -2.41. The van der Waals surface area contributed by atoms with Crippen LogP contribution in [0.3, 0.4) is 0 Å². The number of halogens is 3. The largest absolute Gasteiger partial charge is 0.401 e. The number of hydrogen-bond acceptors (Lipinski definition) is 3. The summed E-state index contributed by atoms with van der Waals surface area (Å²) >= 11 is 0. The molecule has 0 atom stereocenters. The molecule has 6 heteroatoms. The van der Waals surface area contributed by atoms with Gasteiger partial charge < -0.3 is 10.2 Å². The van der Waals surface area contributed by atoms with Crippen molar-refractivity contribution in [1.29, 1.82) is 0 Å². The van der Waals surface area contributed by atoms with Gasteiger partial charge in [0.2, 0.25) is 0 Å². The summed E-state index contributed by atoms with van der Waals surface area (Å²) in [6.07, 6.45) is -1.90. The molecule has 0 spiro atoms. The van der Waals surface area contributed by atoms with E-state index in [1.807, 2.05) is 7.05 Å². The van der Waals surface area contributed by atoms with E-state index >= 15 is 0 Å². The number of alkyl halides is 3. The first kappa shape index (κ1) is 17.7. The molecule has 0 unspecified atom stereocenters. The summed E-state index contributed by atoms with van der Waals surface area (Å²) in [4.78, 5) is 3.82. The SMILES string of the molecule is CCC(CC)(CNC)CN1CCN(CC(F)(F)F)CC1. The van der Waals surface area contributed by atoms with Crippen LogP contribution in [0.25, 0.3) is 0 Å². The Morgan fingerprint density at radius 3 is 1.70 bits per heavy atom. The Labute approximate surface area is 120 Å². The van der Waals surface area contributed by atoms with Crippen molar-refractivity contribution >= 4 is 0 Å². The molecule has 1 fully saturated rings. The second kappa shape index (κ2) is 7.61. The molecular formula is C14H28F3N3. The fourth-order valence-corrected chi connectivity index (χ4v) is 2.99. The van der Waals surface area contributed by atoms with Gasteiger partial charge in [-0.15, -0.1) is 0 Å². The van der Waals surface area contributed by atoms with Crippen LogP contribution >= 0.6 is 0 Å². The van der Waals surface area contributed by atoms with E-state index in [4.69, 9.17) is 0 Å². The third-order valence-electron chi connectivity index (χ3n) is 4.48. The van der Waals surface area contributed by atoms with E-state index < -0.39 is 12.7 Å². The zero-order valence-electron chi connectivity index (χ0n) is 12.9. The molecule has 0 amide bonds. The molecule has 1 saturated heterocycles. The Bertz CT molecular complexity index is 269. The molecule has 0 bridgehead atoms. The van der Waals surface area contributed by atoms with Crippen molar-refractivity contribution < 1.29 is 13.2 Å². The lowest BCUT2D eigenvalue weighted by Crippen LogP contribution is -2.52. The standard InChI is InChI=1S/C14H28F3N3/c1-4-13(5-2,10-18-3)11-19-6-8-20(9-7-19)12-14(15,16)17/h18H,4-12H2,1-3H3. The minimum atomic E-state index is -4.08. The Morgan fingerprint density at radius 2 is 1.35 bits per heavy atom. The molecule has 0 aromatic heterocycles.